The highest BCUT2D eigenvalue weighted by molar-refractivity contribution is 9.10. The van der Waals surface area contributed by atoms with Crippen molar-refractivity contribution in [3.63, 3.8) is 0 Å². The summed E-state index contributed by atoms with van der Waals surface area (Å²) in [7, 11) is 1.41. The van der Waals surface area contributed by atoms with Crippen LogP contribution in [0.15, 0.2) is 47.1 Å². The Morgan fingerprint density at radius 2 is 1.96 bits per heavy atom. The Bertz CT molecular complexity index is 1010. The van der Waals surface area contributed by atoms with E-state index in [0.29, 0.717) is 5.82 Å². The van der Waals surface area contributed by atoms with Crippen LogP contribution in [-0.2, 0) is 4.79 Å². The van der Waals surface area contributed by atoms with Crippen LogP contribution in [0.2, 0.25) is 0 Å². The van der Waals surface area contributed by atoms with E-state index in [4.69, 9.17) is 9.47 Å². The zero-order valence-electron chi connectivity index (χ0n) is 13.9. The maximum Gasteiger partial charge on any atom is 0.308 e. The minimum atomic E-state index is -0.584. The molecule has 26 heavy (non-hydrogen) atoms. The second-order valence-electron chi connectivity index (χ2n) is 5.27. The maximum atomic E-state index is 12.6. The predicted octanol–water partition coefficient (Wildman–Crippen LogP) is 3.58. The van der Waals surface area contributed by atoms with Gasteiger partial charge in [0.15, 0.2) is 11.4 Å². The summed E-state index contributed by atoms with van der Waals surface area (Å²) in [5.74, 6) is -0.603. The molecule has 2 aromatic heterocycles. The van der Waals surface area contributed by atoms with E-state index >= 15 is 0 Å². The molecule has 0 saturated heterocycles. The lowest BCUT2D eigenvalue weighted by Gasteiger charge is -2.12. The Kier molecular flexibility index (Phi) is 5.13. The van der Waals surface area contributed by atoms with Gasteiger partial charge >= 0.3 is 5.97 Å². The Morgan fingerprint density at radius 1 is 1.15 bits per heavy atom. The quantitative estimate of drug-likeness (QED) is 0.654. The average Bonchev–Trinajstić information content (AvgIpc) is 2.61. The van der Waals surface area contributed by atoms with Crippen LogP contribution in [0.1, 0.15) is 17.4 Å². The first-order chi connectivity index (χ1) is 12.5. The van der Waals surface area contributed by atoms with Gasteiger partial charge in [-0.15, -0.1) is 0 Å². The molecule has 8 heteroatoms. The van der Waals surface area contributed by atoms with Crippen molar-refractivity contribution < 1.29 is 19.1 Å². The molecule has 0 fully saturated rings. The molecule has 0 aliphatic carbocycles. The summed E-state index contributed by atoms with van der Waals surface area (Å²) in [6.45, 7) is 1.23. The lowest BCUT2D eigenvalue weighted by Crippen LogP contribution is -2.17. The number of hydrogen-bond donors (Lipinski definition) is 1. The SMILES string of the molecule is COc1ccnc(C(=O)Nc2ccc3cc(Br)ccc3n2)c1OC(C)=O. The molecule has 1 N–H and O–H groups in total. The summed E-state index contributed by atoms with van der Waals surface area (Å²) in [5.41, 5.74) is 0.655. The van der Waals surface area contributed by atoms with Crippen molar-refractivity contribution >= 4 is 44.5 Å². The number of esters is 1. The first kappa shape index (κ1) is 17.8. The van der Waals surface area contributed by atoms with Crippen LogP contribution in [0.3, 0.4) is 0 Å². The van der Waals surface area contributed by atoms with Gasteiger partial charge in [0.25, 0.3) is 5.91 Å². The Labute approximate surface area is 157 Å². The van der Waals surface area contributed by atoms with Crippen LogP contribution in [-0.4, -0.2) is 29.0 Å². The fraction of sp³-hybridized carbons (Fsp3) is 0.111. The number of pyridine rings is 2. The fourth-order valence-corrected chi connectivity index (χ4v) is 2.72. The molecule has 2 heterocycles. The van der Waals surface area contributed by atoms with E-state index in [0.717, 1.165) is 15.4 Å². The molecule has 1 aromatic carbocycles. The molecule has 0 radical (unpaired) electrons. The highest BCUT2D eigenvalue weighted by atomic mass is 79.9. The van der Waals surface area contributed by atoms with Crippen molar-refractivity contribution in [3.8, 4) is 11.5 Å². The molecule has 0 unspecified atom stereocenters. The van der Waals surface area contributed by atoms with Gasteiger partial charge < -0.3 is 14.8 Å². The average molecular weight is 416 g/mol. The van der Waals surface area contributed by atoms with Crippen molar-refractivity contribution in [1.82, 2.24) is 9.97 Å². The molecule has 132 valence electrons. The van der Waals surface area contributed by atoms with Gasteiger partial charge in [-0.2, -0.15) is 0 Å². The third-order valence-electron chi connectivity index (χ3n) is 3.44. The molecule has 0 saturated carbocycles. The third-order valence-corrected chi connectivity index (χ3v) is 3.94. The van der Waals surface area contributed by atoms with Crippen molar-refractivity contribution in [2.24, 2.45) is 0 Å². The zero-order chi connectivity index (χ0) is 18.7. The van der Waals surface area contributed by atoms with Crippen LogP contribution in [0.5, 0.6) is 11.5 Å². The number of benzene rings is 1. The molecule has 3 aromatic rings. The molecule has 0 atom stereocenters. The Balaban J connectivity index is 1.93. The molecule has 0 aliphatic rings. The van der Waals surface area contributed by atoms with E-state index in [1.165, 1.54) is 26.3 Å². The van der Waals surface area contributed by atoms with E-state index < -0.39 is 11.9 Å². The van der Waals surface area contributed by atoms with E-state index in [1.807, 2.05) is 24.3 Å². The first-order valence-corrected chi connectivity index (χ1v) is 8.36. The van der Waals surface area contributed by atoms with Crippen LogP contribution >= 0.6 is 15.9 Å². The first-order valence-electron chi connectivity index (χ1n) is 7.57. The van der Waals surface area contributed by atoms with Gasteiger partial charge in [0.1, 0.15) is 5.82 Å². The minimum absolute atomic E-state index is 0.0373. The number of nitrogens with one attached hydrogen (secondary N) is 1. The second kappa shape index (κ2) is 7.49. The van der Waals surface area contributed by atoms with Gasteiger partial charge in [-0.1, -0.05) is 15.9 Å². The number of ether oxygens (including phenoxy) is 2. The number of hydrogen-bond acceptors (Lipinski definition) is 6. The van der Waals surface area contributed by atoms with Crippen molar-refractivity contribution in [3.05, 3.63) is 52.8 Å². The van der Waals surface area contributed by atoms with Crippen molar-refractivity contribution in [1.29, 1.82) is 0 Å². The number of nitrogens with zero attached hydrogens (tertiary/aromatic N) is 2. The maximum absolute atomic E-state index is 12.6. The summed E-state index contributed by atoms with van der Waals surface area (Å²) < 4.78 is 11.2. The third kappa shape index (κ3) is 3.80. The highest BCUT2D eigenvalue weighted by Crippen LogP contribution is 2.30. The summed E-state index contributed by atoms with van der Waals surface area (Å²) >= 11 is 3.40. The van der Waals surface area contributed by atoms with Crippen molar-refractivity contribution in [2.45, 2.75) is 6.92 Å². The van der Waals surface area contributed by atoms with E-state index in [9.17, 15) is 9.59 Å². The largest absolute Gasteiger partial charge is 0.493 e. The summed E-state index contributed by atoms with van der Waals surface area (Å²) in [5, 5.41) is 3.59. The number of carbonyl (C=O) groups excluding carboxylic acids is 2. The lowest BCUT2D eigenvalue weighted by atomic mass is 10.2. The number of aromatic nitrogens is 2. The van der Waals surface area contributed by atoms with Crippen LogP contribution in [0, 0.1) is 0 Å². The topological polar surface area (TPSA) is 90.4 Å². The van der Waals surface area contributed by atoms with Crippen molar-refractivity contribution in [2.75, 3.05) is 12.4 Å². The molecule has 0 spiro atoms. The number of fused-ring (bicyclic) bond motifs is 1. The number of rotatable bonds is 4. The molecular weight excluding hydrogens is 402 g/mol. The Hall–Kier alpha value is -3.00. The molecule has 7 nitrogen and oxygen atoms in total. The van der Waals surface area contributed by atoms with Crippen LogP contribution in [0.4, 0.5) is 5.82 Å². The molecule has 0 bridgehead atoms. The molecular formula is C18H14BrN3O4. The normalized spacial score (nSPS) is 10.4. The van der Waals surface area contributed by atoms with Gasteiger partial charge in [-0.3, -0.25) is 9.59 Å². The summed E-state index contributed by atoms with van der Waals surface area (Å²) in [6, 6.07) is 10.6. The van der Waals surface area contributed by atoms with Gasteiger partial charge in [-0.05, 0) is 30.3 Å². The van der Waals surface area contributed by atoms with E-state index in [2.05, 4.69) is 31.2 Å². The Morgan fingerprint density at radius 3 is 2.69 bits per heavy atom. The predicted molar refractivity (Wildman–Crippen MR) is 99.5 cm³/mol. The van der Waals surface area contributed by atoms with Crippen LogP contribution < -0.4 is 14.8 Å². The molecule has 0 aliphatic heterocycles. The number of carbonyl (C=O) groups is 2. The standard InChI is InChI=1S/C18H14BrN3O4/c1-10(23)26-17-14(25-2)7-8-20-16(17)18(24)22-15-6-3-11-9-12(19)4-5-13(11)21-15/h3-9H,1-2H3,(H,21,22,24). The monoisotopic (exact) mass is 415 g/mol. The molecule has 3 rings (SSSR count). The van der Waals surface area contributed by atoms with Gasteiger partial charge in [-0.25, -0.2) is 9.97 Å². The van der Waals surface area contributed by atoms with Gasteiger partial charge in [0.05, 0.1) is 12.6 Å². The molecule has 1 amide bonds. The smallest absolute Gasteiger partial charge is 0.308 e. The second-order valence-corrected chi connectivity index (χ2v) is 6.19. The van der Waals surface area contributed by atoms with Gasteiger partial charge in [0, 0.05) is 29.0 Å². The number of halogens is 1. The minimum Gasteiger partial charge on any atom is -0.493 e. The van der Waals surface area contributed by atoms with Crippen LogP contribution in [0.25, 0.3) is 10.9 Å². The zero-order valence-corrected chi connectivity index (χ0v) is 15.5. The summed E-state index contributed by atoms with van der Waals surface area (Å²) in [4.78, 5) is 32.3. The van der Waals surface area contributed by atoms with Gasteiger partial charge in [0.2, 0.25) is 5.75 Å². The fourth-order valence-electron chi connectivity index (χ4n) is 2.34. The number of methoxy groups -OCH3 is 1. The number of amides is 1. The van der Waals surface area contributed by atoms with E-state index in [-0.39, 0.29) is 17.2 Å². The lowest BCUT2D eigenvalue weighted by molar-refractivity contribution is -0.132. The highest BCUT2D eigenvalue weighted by Gasteiger charge is 2.21. The van der Waals surface area contributed by atoms with E-state index in [1.54, 1.807) is 6.07 Å². The summed E-state index contributed by atoms with van der Waals surface area (Å²) in [6.07, 6.45) is 1.39. The number of anilines is 1.